The molecule has 1 heterocycles. The molecule has 1 nitrogen and oxygen atoms in total. The third-order valence-corrected chi connectivity index (χ3v) is 2.04. The van der Waals surface area contributed by atoms with Crippen LogP contribution < -0.4 is 0 Å². The van der Waals surface area contributed by atoms with E-state index in [-0.39, 0.29) is 6.67 Å². The Hall–Kier alpha value is -0.920. The third kappa shape index (κ3) is 3.13. The van der Waals surface area contributed by atoms with Gasteiger partial charge in [0, 0.05) is 11.9 Å². The second kappa shape index (κ2) is 4.95. The second-order valence-electron chi connectivity index (χ2n) is 3.54. The highest BCUT2D eigenvalue weighted by molar-refractivity contribution is 5.16. The van der Waals surface area contributed by atoms with Crippen LogP contribution >= 0.6 is 0 Å². The van der Waals surface area contributed by atoms with Crippen LogP contribution in [0.15, 0.2) is 18.3 Å². The highest BCUT2D eigenvalue weighted by atomic mass is 19.1. The molecule has 0 radical (unpaired) electrons. The summed E-state index contributed by atoms with van der Waals surface area (Å²) < 4.78 is 11.9. The van der Waals surface area contributed by atoms with Crippen molar-refractivity contribution in [3.8, 4) is 0 Å². The molecule has 0 aromatic carbocycles. The van der Waals surface area contributed by atoms with Crippen molar-refractivity contribution in [1.29, 1.82) is 0 Å². The van der Waals surface area contributed by atoms with Crippen molar-refractivity contribution < 1.29 is 4.39 Å². The molecule has 0 bridgehead atoms. The maximum absolute atomic E-state index is 11.9. The molecule has 0 spiro atoms. The first-order valence-corrected chi connectivity index (χ1v) is 4.75. The highest BCUT2D eigenvalue weighted by Crippen LogP contribution is 2.11. The maximum Gasteiger partial charge on any atom is 0.0897 e. The lowest BCUT2D eigenvalue weighted by Crippen LogP contribution is -1.94. The average molecular weight is 181 g/mol. The molecule has 2 heteroatoms. The number of halogens is 1. The summed E-state index contributed by atoms with van der Waals surface area (Å²) in [7, 11) is 0. The molecule has 72 valence electrons. The Labute approximate surface area is 79.0 Å². The first-order valence-electron chi connectivity index (χ1n) is 4.75. The summed E-state index contributed by atoms with van der Waals surface area (Å²) in [5.74, 6) is 0.468. The minimum atomic E-state index is -0.244. The molecule has 1 aromatic heterocycles. The number of alkyl halides is 1. The van der Waals surface area contributed by atoms with Crippen molar-refractivity contribution in [3.05, 3.63) is 29.6 Å². The van der Waals surface area contributed by atoms with E-state index in [0.717, 1.165) is 17.7 Å². The largest absolute Gasteiger partial charge is 0.261 e. The SMILES string of the molecule is CC(C)c1ccc(CCCF)cn1. The van der Waals surface area contributed by atoms with Gasteiger partial charge in [-0.1, -0.05) is 19.9 Å². The van der Waals surface area contributed by atoms with Gasteiger partial charge in [-0.3, -0.25) is 9.37 Å². The van der Waals surface area contributed by atoms with Crippen molar-refractivity contribution in [1.82, 2.24) is 4.98 Å². The summed E-state index contributed by atoms with van der Waals surface area (Å²) in [6, 6.07) is 4.07. The van der Waals surface area contributed by atoms with Gasteiger partial charge in [0.2, 0.25) is 0 Å². The Morgan fingerprint density at radius 1 is 1.38 bits per heavy atom. The van der Waals surface area contributed by atoms with Crippen LogP contribution in [0.1, 0.15) is 37.4 Å². The van der Waals surface area contributed by atoms with Gasteiger partial charge in [-0.25, -0.2) is 0 Å². The standard InChI is InChI=1S/C11H16FN/c1-9(2)11-6-5-10(8-13-11)4-3-7-12/h5-6,8-9H,3-4,7H2,1-2H3. The minimum Gasteiger partial charge on any atom is -0.261 e. The summed E-state index contributed by atoms with van der Waals surface area (Å²) in [6.07, 6.45) is 3.25. The molecule has 0 aliphatic carbocycles. The first kappa shape index (κ1) is 10.2. The van der Waals surface area contributed by atoms with E-state index in [0.29, 0.717) is 12.3 Å². The van der Waals surface area contributed by atoms with Crippen molar-refractivity contribution in [2.24, 2.45) is 0 Å². The van der Waals surface area contributed by atoms with E-state index >= 15 is 0 Å². The molecule has 0 aliphatic rings. The fourth-order valence-electron chi connectivity index (χ4n) is 1.20. The van der Waals surface area contributed by atoms with Crippen LogP contribution in [-0.4, -0.2) is 11.7 Å². The Balaban J connectivity index is 2.59. The van der Waals surface area contributed by atoms with Crippen molar-refractivity contribution in [2.75, 3.05) is 6.67 Å². The van der Waals surface area contributed by atoms with Crippen LogP contribution in [0.2, 0.25) is 0 Å². The van der Waals surface area contributed by atoms with E-state index in [4.69, 9.17) is 0 Å². The molecule has 0 N–H and O–H groups in total. The normalized spacial score (nSPS) is 10.8. The third-order valence-electron chi connectivity index (χ3n) is 2.04. The lowest BCUT2D eigenvalue weighted by Gasteiger charge is -2.04. The van der Waals surface area contributed by atoms with Crippen LogP contribution in [0.3, 0.4) is 0 Å². The summed E-state index contributed by atoms with van der Waals surface area (Å²) >= 11 is 0. The van der Waals surface area contributed by atoms with E-state index in [2.05, 4.69) is 18.8 Å². The smallest absolute Gasteiger partial charge is 0.0897 e. The average Bonchev–Trinajstić information content (AvgIpc) is 2.15. The zero-order chi connectivity index (χ0) is 9.68. The molecule has 0 fully saturated rings. The second-order valence-corrected chi connectivity index (χ2v) is 3.54. The molecule has 13 heavy (non-hydrogen) atoms. The Morgan fingerprint density at radius 3 is 2.62 bits per heavy atom. The molecule has 0 saturated carbocycles. The molecular formula is C11H16FN. The van der Waals surface area contributed by atoms with Crippen LogP contribution in [0.5, 0.6) is 0 Å². The number of hydrogen-bond donors (Lipinski definition) is 0. The lowest BCUT2D eigenvalue weighted by molar-refractivity contribution is 0.473. The Kier molecular flexibility index (Phi) is 3.87. The fraction of sp³-hybridized carbons (Fsp3) is 0.545. The van der Waals surface area contributed by atoms with E-state index < -0.39 is 0 Å². The van der Waals surface area contributed by atoms with Crippen molar-refractivity contribution in [2.45, 2.75) is 32.6 Å². The van der Waals surface area contributed by atoms with E-state index in [1.165, 1.54) is 0 Å². The highest BCUT2D eigenvalue weighted by Gasteiger charge is 1.99. The van der Waals surface area contributed by atoms with Gasteiger partial charge >= 0.3 is 0 Å². The summed E-state index contributed by atoms with van der Waals surface area (Å²) in [4.78, 5) is 4.31. The van der Waals surface area contributed by atoms with E-state index in [1.54, 1.807) is 0 Å². The Bertz CT molecular complexity index is 241. The van der Waals surface area contributed by atoms with Gasteiger partial charge in [0.15, 0.2) is 0 Å². The van der Waals surface area contributed by atoms with Gasteiger partial charge in [-0.05, 0) is 30.4 Å². The Morgan fingerprint density at radius 2 is 2.15 bits per heavy atom. The molecule has 0 atom stereocenters. The predicted octanol–water partition coefficient (Wildman–Crippen LogP) is 3.11. The number of aryl methyl sites for hydroxylation is 1. The number of pyridine rings is 1. The van der Waals surface area contributed by atoms with Gasteiger partial charge in [0.1, 0.15) is 0 Å². The fourth-order valence-corrected chi connectivity index (χ4v) is 1.20. The zero-order valence-electron chi connectivity index (χ0n) is 8.26. The molecule has 0 saturated heterocycles. The molecule has 0 unspecified atom stereocenters. The van der Waals surface area contributed by atoms with Gasteiger partial charge in [0.25, 0.3) is 0 Å². The van der Waals surface area contributed by atoms with Crippen LogP contribution in [-0.2, 0) is 6.42 Å². The van der Waals surface area contributed by atoms with Gasteiger partial charge in [0.05, 0.1) is 6.67 Å². The molecule has 1 aromatic rings. The predicted molar refractivity (Wildman–Crippen MR) is 52.6 cm³/mol. The lowest BCUT2D eigenvalue weighted by atomic mass is 10.1. The monoisotopic (exact) mass is 181 g/mol. The number of rotatable bonds is 4. The van der Waals surface area contributed by atoms with Crippen LogP contribution in [0.25, 0.3) is 0 Å². The van der Waals surface area contributed by atoms with Gasteiger partial charge in [-0.2, -0.15) is 0 Å². The van der Waals surface area contributed by atoms with Gasteiger partial charge in [-0.15, -0.1) is 0 Å². The van der Waals surface area contributed by atoms with Crippen molar-refractivity contribution in [3.63, 3.8) is 0 Å². The molecule has 1 rings (SSSR count). The van der Waals surface area contributed by atoms with Crippen molar-refractivity contribution >= 4 is 0 Å². The topological polar surface area (TPSA) is 12.9 Å². The number of aromatic nitrogens is 1. The van der Waals surface area contributed by atoms with Crippen LogP contribution in [0.4, 0.5) is 4.39 Å². The minimum absolute atomic E-state index is 0.244. The summed E-state index contributed by atoms with van der Waals surface area (Å²) in [6.45, 7) is 3.99. The molecule has 0 aliphatic heterocycles. The summed E-state index contributed by atoms with van der Waals surface area (Å²) in [5, 5.41) is 0. The van der Waals surface area contributed by atoms with E-state index in [9.17, 15) is 4.39 Å². The number of hydrogen-bond acceptors (Lipinski definition) is 1. The molecular weight excluding hydrogens is 165 g/mol. The van der Waals surface area contributed by atoms with Crippen LogP contribution in [0, 0.1) is 0 Å². The first-order chi connectivity index (χ1) is 6.24. The maximum atomic E-state index is 11.9. The zero-order valence-corrected chi connectivity index (χ0v) is 8.26. The van der Waals surface area contributed by atoms with Gasteiger partial charge < -0.3 is 0 Å². The molecule has 0 amide bonds. The quantitative estimate of drug-likeness (QED) is 0.695. The summed E-state index contributed by atoms with van der Waals surface area (Å²) in [5.41, 5.74) is 2.23. The van der Waals surface area contributed by atoms with E-state index in [1.807, 2.05) is 18.3 Å². The number of nitrogens with zero attached hydrogens (tertiary/aromatic N) is 1.